The van der Waals surface area contributed by atoms with E-state index in [0.29, 0.717) is 36.3 Å². The van der Waals surface area contributed by atoms with Gasteiger partial charge in [0.05, 0.1) is 12.3 Å². The van der Waals surface area contributed by atoms with Gasteiger partial charge in [0.1, 0.15) is 6.61 Å². The smallest absolute Gasteiger partial charge is 0.242 e. The summed E-state index contributed by atoms with van der Waals surface area (Å²) in [4.78, 5) is 4.21. The highest BCUT2D eigenvalue weighted by molar-refractivity contribution is 5.57. The zero-order chi connectivity index (χ0) is 15.9. The van der Waals surface area contributed by atoms with Crippen LogP contribution in [0.4, 0.5) is 11.4 Å². The lowest BCUT2D eigenvalue weighted by Gasteiger charge is -2.14. The first-order valence-electron chi connectivity index (χ1n) is 6.97. The molecule has 0 aliphatic heterocycles. The molecular weight excluding hydrogens is 282 g/mol. The Morgan fingerprint density at radius 3 is 2.68 bits per heavy atom. The van der Waals surface area contributed by atoms with Crippen LogP contribution in [-0.2, 0) is 4.74 Å². The zero-order valence-electron chi connectivity index (χ0n) is 13.1. The van der Waals surface area contributed by atoms with Gasteiger partial charge in [-0.05, 0) is 30.7 Å². The van der Waals surface area contributed by atoms with Crippen molar-refractivity contribution in [1.29, 1.82) is 0 Å². The van der Waals surface area contributed by atoms with Crippen LogP contribution in [0.3, 0.4) is 0 Å². The molecule has 1 aromatic carbocycles. The first-order valence-corrected chi connectivity index (χ1v) is 6.97. The van der Waals surface area contributed by atoms with Crippen LogP contribution in [0.1, 0.15) is 5.56 Å². The number of nitrogen functional groups attached to an aromatic ring is 1. The number of aromatic nitrogens is 1. The maximum Gasteiger partial charge on any atom is 0.242 e. The largest absolute Gasteiger partial charge is 0.487 e. The van der Waals surface area contributed by atoms with Gasteiger partial charge in [-0.2, -0.15) is 0 Å². The van der Waals surface area contributed by atoms with Gasteiger partial charge in [-0.1, -0.05) is 0 Å². The van der Waals surface area contributed by atoms with Gasteiger partial charge in [-0.3, -0.25) is 0 Å². The van der Waals surface area contributed by atoms with Crippen LogP contribution in [0.25, 0.3) is 0 Å². The minimum atomic E-state index is 0.361. The molecule has 0 saturated heterocycles. The fourth-order valence-corrected chi connectivity index (χ4v) is 1.86. The van der Waals surface area contributed by atoms with Crippen molar-refractivity contribution in [3.05, 3.63) is 36.0 Å². The lowest BCUT2D eigenvalue weighted by atomic mass is 10.2. The second-order valence-electron chi connectivity index (χ2n) is 4.76. The number of hydrogen-bond donors (Lipinski definition) is 2. The monoisotopic (exact) mass is 303 g/mol. The van der Waals surface area contributed by atoms with Gasteiger partial charge < -0.3 is 25.3 Å². The third-order valence-electron chi connectivity index (χ3n) is 3.00. The highest BCUT2D eigenvalue weighted by atomic mass is 16.5. The zero-order valence-corrected chi connectivity index (χ0v) is 13.1. The number of ether oxygens (including phenoxy) is 3. The summed E-state index contributed by atoms with van der Waals surface area (Å²) in [7, 11) is 3.47. The number of anilines is 2. The van der Waals surface area contributed by atoms with E-state index in [1.807, 2.05) is 38.2 Å². The molecule has 0 fully saturated rings. The number of nitrogens with zero attached hydrogens (tertiary/aromatic N) is 1. The normalized spacial score (nSPS) is 10.3. The molecule has 0 unspecified atom stereocenters. The summed E-state index contributed by atoms with van der Waals surface area (Å²) in [6.45, 7) is 2.85. The van der Waals surface area contributed by atoms with Crippen molar-refractivity contribution in [2.75, 3.05) is 38.4 Å². The Hall–Kier alpha value is -2.47. The summed E-state index contributed by atoms with van der Waals surface area (Å²) in [6.07, 6.45) is 1.71. The number of benzene rings is 1. The molecule has 1 heterocycles. The molecule has 0 aliphatic rings. The van der Waals surface area contributed by atoms with Crippen molar-refractivity contribution in [2.45, 2.75) is 6.92 Å². The van der Waals surface area contributed by atoms with E-state index in [9.17, 15) is 0 Å². The highest BCUT2D eigenvalue weighted by Gasteiger charge is 2.11. The van der Waals surface area contributed by atoms with Crippen LogP contribution in [0.2, 0.25) is 0 Å². The molecule has 6 heteroatoms. The lowest BCUT2D eigenvalue weighted by molar-refractivity contribution is 0.144. The van der Waals surface area contributed by atoms with E-state index < -0.39 is 0 Å². The topological polar surface area (TPSA) is 78.6 Å². The lowest BCUT2D eigenvalue weighted by Crippen LogP contribution is -2.06. The molecule has 0 spiro atoms. The standard InChI is InChI=1S/C16H21N3O3/c1-11-8-13(17)16(19-10-11)22-14-5-4-12(18-2)9-15(14)21-7-6-20-3/h4-5,8-10,18H,6-7,17H2,1-3H3. The van der Waals surface area contributed by atoms with E-state index in [1.54, 1.807) is 13.3 Å². The Kier molecular flexibility index (Phi) is 5.43. The number of hydrogen-bond acceptors (Lipinski definition) is 6. The van der Waals surface area contributed by atoms with Gasteiger partial charge in [0.2, 0.25) is 5.88 Å². The first-order chi connectivity index (χ1) is 10.6. The van der Waals surface area contributed by atoms with Crippen molar-refractivity contribution in [3.8, 4) is 17.4 Å². The summed E-state index contributed by atoms with van der Waals surface area (Å²) >= 11 is 0. The van der Waals surface area contributed by atoms with E-state index in [-0.39, 0.29) is 0 Å². The fourth-order valence-electron chi connectivity index (χ4n) is 1.86. The maximum atomic E-state index is 5.94. The molecule has 22 heavy (non-hydrogen) atoms. The van der Waals surface area contributed by atoms with Crippen LogP contribution in [0.15, 0.2) is 30.5 Å². The number of pyridine rings is 1. The molecule has 1 aromatic heterocycles. The molecule has 3 N–H and O–H groups in total. The Balaban J connectivity index is 2.24. The number of nitrogens with two attached hydrogens (primary N) is 1. The molecule has 6 nitrogen and oxygen atoms in total. The highest BCUT2D eigenvalue weighted by Crippen LogP contribution is 2.35. The first kappa shape index (κ1) is 15.9. The van der Waals surface area contributed by atoms with E-state index in [2.05, 4.69) is 10.3 Å². The molecule has 0 aliphatic carbocycles. The fraction of sp³-hybridized carbons (Fsp3) is 0.312. The van der Waals surface area contributed by atoms with Crippen LogP contribution in [0, 0.1) is 6.92 Å². The van der Waals surface area contributed by atoms with E-state index in [4.69, 9.17) is 19.9 Å². The Labute approximate surface area is 130 Å². The van der Waals surface area contributed by atoms with Crippen molar-refractivity contribution >= 4 is 11.4 Å². The van der Waals surface area contributed by atoms with E-state index in [0.717, 1.165) is 11.3 Å². The van der Waals surface area contributed by atoms with Crippen LogP contribution in [0.5, 0.6) is 17.4 Å². The average Bonchev–Trinajstić information content (AvgIpc) is 2.51. The molecular formula is C16H21N3O3. The van der Waals surface area contributed by atoms with Gasteiger partial charge in [-0.25, -0.2) is 4.98 Å². The summed E-state index contributed by atoms with van der Waals surface area (Å²) in [5, 5.41) is 3.06. The van der Waals surface area contributed by atoms with Crippen molar-refractivity contribution in [1.82, 2.24) is 4.98 Å². The van der Waals surface area contributed by atoms with Gasteiger partial charge in [-0.15, -0.1) is 0 Å². The van der Waals surface area contributed by atoms with Crippen molar-refractivity contribution in [2.24, 2.45) is 0 Å². The van der Waals surface area contributed by atoms with Crippen LogP contribution in [-0.4, -0.2) is 32.4 Å². The van der Waals surface area contributed by atoms with Gasteiger partial charge in [0, 0.05) is 32.1 Å². The third-order valence-corrected chi connectivity index (χ3v) is 3.00. The molecule has 0 saturated carbocycles. The second-order valence-corrected chi connectivity index (χ2v) is 4.76. The second kappa shape index (κ2) is 7.51. The molecule has 2 rings (SSSR count). The molecule has 2 aromatic rings. The number of aryl methyl sites for hydroxylation is 1. The Bertz CT molecular complexity index is 632. The average molecular weight is 303 g/mol. The number of methoxy groups -OCH3 is 1. The number of rotatable bonds is 7. The molecule has 0 atom stereocenters. The molecule has 0 bridgehead atoms. The predicted molar refractivity (Wildman–Crippen MR) is 86.8 cm³/mol. The summed E-state index contributed by atoms with van der Waals surface area (Å²) in [6, 6.07) is 7.38. The van der Waals surface area contributed by atoms with Gasteiger partial charge >= 0.3 is 0 Å². The number of nitrogens with one attached hydrogen (secondary N) is 1. The van der Waals surface area contributed by atoms with Crippen LogP contribution < -0.4 is 20.5 Å². The third kappa shape index (κ3) is 4.02. The van der Waals surface area contributed by atoms with Gasteiger partial charge in [0.15, 0.2) is 11.5 Å². The van der Waals surface area contributed by atoms with Gasteiger partial charge in [0.25, 0.3) is 0 Å². The predicted octanol–water partition coefficient (Wildman–Crippen LogP) is 2.83. The minimum Gasteiger partial charge on any atom is -0.487 e. The van der Waals surface area contributed by atoms with E-state index >= 15 is 0 Å². The molecule has 118 valence electrons. The van der Waals surface area contributed by atoms with Crippen molar-refractivity contribution in [3.63, 3.8) is 0 Å². The quantitative estimate of drug-likeness (QED) is 0.766. The maximum absolute atomic E-state index is 5.94. The Morgan fingerprint density at radius 2 is 2.00 bits per heavy atom. The summed E-state index contributed by atoms with van der Waals surface area (Å²) < 4.78 is 16.5. The van der Waals surface area contributed by atoms with E-state index in [1.165, 1.54) is 0 Å². The minimum absolute atomic E-state index is 0.361. The molecule has 0 radical (unpaired) electrons. The Morgan fingerprint density at radius 1 is 1.18 bits per heavy atom. The summed E-state index contributed by atoms with van der Waals surface area (Å²) in [5.74, 6) is 1.52. The molecule has 0 amide bonds. The van der Waals surface area contributed by atoms with Crippen molar-refractivity contribution < 1.29 is 14.2 Å². The summed E-state index contributed by atoms with van der Waals surface area (Å²) in [5.41, 5.74) is 8.32. The SMILES string of the molecule is CNc1ccc(Oc2ncc(C)cc2N)c(OCCOC)c1. The van der Waals surface area contributed by atoms with Crippen LogP contribution >= 0.6 is 0 Å².